The van der Waals surface area contributed by atoms with E-state index in [-0.39, 0.29) is 25.7 Å². The van der Waals surface area contributed by atoms with Crippen molar-refractivity contribution in [2.24, 2.45) is 0 Å². The van der Waals surface area contributed by atoms with Crippen LogP contribution in [0.3, 0.4) is 0 Å². The lowest BCUT2D eigenvalue weighted by Crippen LogP contribution is -2.29. The molecule has 2 rings (SSSR count). The molecule has 150 valence electrons. The van der Waals surface area contributed by atoms with Crippen molar-refractivity contribution >= 4 is 34.9 Å². The number of hydrogen-bond acceptors (Lipinski definition) is 4. The maximum absolute atomic E-state index is 11.4. The molecule has 0 saturated carbocycles. The minimum atomic E-state index is -1.00. The molecule has 0 bridgehead atoms. The highest BCUT2D eigenvalue weighted by atomic mass is 35.5. The molecule has 1 atom stereocenters. The van der Waals surface area contributed by atoms with Gasteiger partial charge in [0.05, 0.1) is 25.0 Å². The Labute approximate surface area is 174 Å². The number of nitrogens with one attached hydrogen (secondary N) is 1. The molecule has 2 aromatic carbocycles. The molecular weight excluding hydrogens is 401 g/mol. The topological polar surface area (TPSA) is 79.6 Å². The van der Waals surface area contributed by atoms with Gasteiger partial charge in [0.1, 0.15) is 0 Å². The van der Waals surface area contributed by atoms with Crippen LogP contribution in [0, 0.1) is 5.41 Å². The lowest BCUT2D eigenvalue weighted by Gasteiger charge is -2.17. The van der Waals surface area contributed by atoms with Gasteiger partial charge in [-0.2, -0.15) is 0 Å². The zero-order valence-corrected chi connectivity index (χ0v) is 17.3. The van der Waals surface area contributed by atoms with Gasteiger partial charge in [-0.1, -0.05) is 47.5 Å². The zero-order valence-electron chi connectivity index (χ0n) is 15.7. The molecule has 0 fully saturated rings. The third-order valence-corrected chi connectivity index (χ3v) is 4.51. The van der Waals surface area contributed by atoms with Gasteiger partial charge in [0, 0.05) is 16.5 Å². The Bertz CT molecular complexity index is 839. The van der Waals surface area contributed by atoms with Gasteiger partial charge in [-0.25, -0.2) is 4.79 Å². The summed E-state index contributed by atoms with van der Waals surface area (Å²) in [6, 6.07) is 12.4. The van der Waals surface area contributed by atoms with Crippen LogP contribution in [0.5, 0.6) is 0 Å². The van der Waals surface area contributed by atoms with E-state index in [1.807, 2.05) is 6.07 Å². The van der Waals surface area contributed by atoms with Crippen LogP contribution in [0.2, 0.25) is 10.0 Å². The summed E-state index contributed by atoms with van der Waals surface area (Å²) in [5.41, 5.74) is 2.55. The number of carboxylic acid groups (broad SMARTS) is 1. The smallest absolute Gasteiger partial charge is 0.333 e. The first kappa shape index (κ1) is 22.4. The number of benzene rings is 2. The first-order chi connectivity index (χ1) is 13.3. The van der Waals surface area contributed by atoms with Gasteiger partial charge in [0.25, 0.3) is 0 Å². The number of carbonyl (C=O) groups is 1. The van der Waals surface area contributed by atoms with E-state index in [4.69, 9.17) is 38.1 Å². The van der Waals surface area contributed by atoms with Gasteiger partial charge >= 0.3 is 5.97 Å². The van der Waals surface area contributed by atoms with Gasteiger partial charge in [-0.05, 0) is 48.7 Å². The van der Waals surface area contributed by atoms with Crippen LogP contribution in [0.15, 0.2) is 42.5 Å². The van der Waals surface area contributed by atoms with Crippen LogP contribution in [0.4, 0.5) is 0 Å². The van der Waals surface area contributed by atoms with E-state index in [9.17, 15) is 9.90 Å². The van der Waals surface area contributed by atoms with Crippen molar-refractivity contribution in [3.8, 4) is 0 Å². The van der Waals surface area contributed by atoms with E-state index in [1.54, 1.807) is 50.2 Å². The molecule has 0 amide bonds. The summed E-state index contributed by atoms with van der Waals surface area (Å²) in [6.07, 6.45) is -0.876. The second-order valence-electron chi connectivity index (χ2n) is 6.62. The number of aliphatic carboxylic acids is 1. The Hall–Kier alpha value is -1.92. The molecule has 2 aromatic rings. The fourth-order valence-electron chi connectivity index (χ4n) is 2.61. The molecular formula is C21H23Cl2NO4. The van der Waals surface area contributed by atoms with Crippen LogP contribution in [0.1, 0.15) is 30.5 Å². The molecule has 0 saturated heterocycles. The largest absolute Gasteiger partial charge is 0.479 e. The van der Waals surface area contributed by atoms with Crippen molar-refractivity contribution in [2.45, 2.75) is 39.1 Å². The summed E-state index contributed by atoms with van der Waals surface area (Å²) in [5.74, 6) is -1.00. The summed E-state index contributed by atoms with van der Waals surface area (Å²) < 4.78 is 11.0. The fraction of sp³-hybridized carbons (Fsp3) is 0.333. The van der Waals surface area contributed by atoms with Crippen LogP contribution in [0.25, 0.3) is 0 Å². The summed E-state index contributed by atoms with van der Waals surface area (Å²) in [5, 5.41) is 18.6. The number of rotatable bonds is 10. The Balaban J connectivity index is 1.96. The maximum Gasteiger partial charge on any atom is 0.333 e. The van der Waals surface area contributed by atoms with E-state index in [0.29, 0.717) is 21.3 Å². The van der Waals surface area contributed by atoms with Gasteiger partial charge in [0.2, 0.25) is 0 Å². The van der Waals surface area contributed by atoms with Crippen molar-refractivity contribution in [2.75, 3.05) is 6.61 Å². The van der Waals surface area contributed by atoms with Crippen molar-refractivity contribution in [3.05, 3.63) is 69.2 Å². The number of halogens is 2. The van der Waals surface area contributed by atoms with E-state index in [2.05, 4.69) is 0 Å². The monoisotopic (exact) mass is 423 g/mol. The predicted octanol–water partition coefficient (Wildman–Crippen LogP) is 5.00. The number of hydrogen-bond donors (Lipinski definition) is 2. The average Bonchev–Trinajstić information content (AvgIpc) is 2.62. The summed E-state index contributed by atoms with van der Waals surface area (Å²) >= 11 is 12.0. The molecule has 0 heterocycles. The van der Waals surface area contributed by atoms with E-state index in [1.165, 1.54) is 0 Å². The Morgan fingerprint density at radius 1 is 1.18 bits per heavy atom. The maximum atomic E-state index is 11.4. The van der Waals surface area contributed by atoms with Gasteiger partial charge in [-0.15, -0.1) is 0 Å². The Morgan fingerprint density at radius 3 is 2.57 bits per heavy atom. The quantitative estimate of drug-likeness (QED) is 0.526. The molecule has 28 heavy (non-hydrogen) atoms. The summed E-state index contributed by atoms with van der Waals surface area (Å²) in [4.78, 5) is 11.4. The van der Waals surface area contributed by atoms with Crippen LogP contribution in [-0.2, 0) is 27.3 Å². The van der Waals surface area contributed by atoms with Gasteiger partial charge in [0.15, 0.2) is 6.10 Å². The van der Waals surface area contributed by atoms with Crippen LogP contribution in [-0.4, -0.2) is 35.6 Å². The van der Waals surface area contributed by atoms with Crippen molar-refractivity contribution in [3.63, 3.8) is 0 Å². The van der Waals surface area contributed by atoms with Crippen LogP contribution < -0.4 is 0 Å². The van der Waals surface area contributed by atoms with Crippen molar-refractivity contribution in [1.29, 1.82) is 5.41 Å². The highest BCUT2D eigenvalue weighted by Gasteiger charge is 2.20. The normalized spacial score (nSPS) is 12.2. The van der Waals surface area contributed by atoms with E-state index >= 15 is 0 Å². The van der Waals surface area contributed by atoms with Crippen LogP contribution >= 0.6 is 23.2 Å². The first-order valence-electron chi connectivity index (χ1n) is 8.83. The lowest BCUT2D eigenvalue weighted by molar-refractivity contribution is -0.153. The molecule has 0 radical (unpaired) electrons. The minimum Gasteiger partial charge on any atom is -0.479 e. The SMILES string of the molecule is CC(C)OC(Cc1cccc(C(=N)COCc2ccc(Cl)cc2Cl)c1)C(=O)O. The molecule has 2 N–H and O–H groups in total. The highest BCUT2D eigenvalue weighted by molar-refractivity contribution is 6.35. The molecule has 0 spiro atoms. The van der Waals surface area contributed by atoms with E-state index < -0.39 is 12.1 Å². The summed E-state index contributed by atoms with van der Waals surface area (Å²) in [6.45, 7) is 3.97. The number of carboxylic acids is 1. The first-order valence-corrected chi connectivity index (χ1v) is 9.58. The molecule has 5 nitrogen and oxygen atoms in total. The third kappa shape index (κ3) is 6.91. The zero-order chi connectivity index (χ0) is 20.7. The van der Waals surface area contributed by atoms with E-state index in [0.717, 1.165) is 11.1 Å². The Kier molecular flexibility index (Phi) is 8.45. The lowest BCUT2D eigenvalue weighted by atomic mass is 10.0. The summed E-state index contributed by atoms with van der Waals surface area (Å²) in [7, 11) is 0. The van der Waals surface area contributed by atoms with Crippen molar-refractivity contribution < 1.29 is 19.4 Å². The van der Waals surface area contributed by atoms with Crippen molar-refractivity contribution in [1.82, 2.24) is 0 Å². The highest BCUT2D eigenvalue weighted by Crippen LogP contribution is 2.21. The Morgan fingerprint density at radius 2 is 1.93 bits per heavy atom. The minimum absolute atomic E-state index is 0.104. The standard InChI is InChI=1S/C21H23Cl2NO4/c1-13(2)28-20(21(25)26)9-14-4-3-5-15(8-14)19(24)12-27-11-16-6-7-17(22)10-18(16)23/h3-8,10,13,20,24H,9,11-12H2,1-2H3,(H,25,26). The van der Waals surface area contributed by atoms with Gasteiger partial charge in [-0.3, -0.25) is 0 Å². The fourth-order valence-corrected chi connectivity index (χ4v) is 3.07. The molecule has 0 aliphatic carbocycles. The molecule has 0 aliphatic heterocycles. The average molecular weight is 424 g/mol. The third-order valence-electron chi connectivity index (χ3n) is 3.93. The molecule has 7 heteroatoms. The number of ether oxygens (including phenoxy) is 2. The predicted molar refractivity (Wildman–Crippen MR) is 111 cm³/mol. The molecule has 0 aliphatic rings. The second kappa shape index (κ2) is 10.6. The van der Waals surface area contributed by atoms with Gasteiger partial charge < -0.3 is 20.0 Å². The second-order valence-corrected chi connectivity index (χ2v) is 7.47. The molecule has 1 unspecified atom stereocenters. The molecule has 0 aromatic heterocycles.